The average molecular weight is 368 g/mol. The number of hydrogen-bond acceptors (Lipinski definition) is 2. The summed E-state index contributed by atoms with van der Waals surface area (Å²) in [5.74, 6) is 0.548. The molecule has 1 aliphatic rings. The van der Waals surface area contributed by atoms with Gasteiger partial charge in [0, 0.05) is 45.1 Å². The van der Waals surface area contributed by atoms with Crippen molar-refractivity contribution >= 4 is 5.91 Å². The van der Waals surface area contributed by atoms with E-state index in [-0.39, 0.29) is 17.8 Å². The first-order chi connectivity index (χ1) is 12.9. The molecule has 2 aromatic carbocycles. The Morgan fingerprint density at radius 2 is 1.78 bits per heavy atom. The Balaban J connectivity index is 1.80. The fourth-order valence-corrected chi connectivity index (χ4v) is 4.16. The molecular weight excluding hydrogens is 339 g/mol. The van der Waals surface area contributed by atoms with Gasteiger partial charge in [-0.2, -0.15) is 0 Å². The van der Waals surface area contributed by atoms with Gasteiger partial charge in [-0.15, -0.1) is 0 Å². The quantitative estimate of drug-likeness (QED) is 0.759. The van der Waals surface area contributed by atoms with Crippen LogP contribution in [0.3, 0.4) is 0 Å². The van der Waals surface area contributed by atoms with Gasteiger partial charge in [0.1, 0.15) is 5.82 Å². The Kier molecular flexibility index (Phi) is 6.27. The molecule has 0 aromatic heterocycles. The fourth-order valence-electron chi connectivity index (χ4n) is 4.16. The van der Waals surface area contributed by atoms with E-state index in [1.165, 1.54) is 17.7 Å². The summed E-state index contributed by atoms with van der Waals surface area (Å²) in [6.07, 6.45) is 0. The lowest BCUT2D eigenvalue weighted by molar-refractivity contribution is -0.131. The van der Waals surface area contributed by atoms with Crippen LogP contribution in [0.25, 0.3) is 0 Å². The number of likely N-dealkylation sites (tertiary alicyclic amines) is 1. The molecule has 3 rings (SSSR count). The van der Waals surface area contributed by atoms with Crippen LogP contribution in [-0.4, -0.2) is 41.4 Å². The van der Waals surface area contributed by atoms with Crippen molar-refractivity contribution in [2.24, 2.45) is 5.92 Å². The molecule has 2 atom stereocenters. The summed E-state index contributed by atoms with van der Waals surface area (Å²) in [5.41, 5.74) is 2.45. The van der Waals surface area contributed by atoms with Crippen molar-refractivity contribution in [3.05, 3.63) is 71.5 Å². The smallest absolute Gasteiger partial charge is 0.219 e. The van der Waals surface area contributed by atoms with Crippen molar-refractivity contribution in [1.82, 2.24) is 9.80 Å². The van der Waals surface area contributed by atoms with Crippen LogP contribution in [0, 0.1) is 11.7 Å². The third-order valence-corrected chi connectivity index (χ3v) is 5.52. The Bertz CT molecular complexity index is 745. The van der Waals surface area contributed by atoms with Crippen molar-refractivity contribution in [2.75, 3.05) is 19.6 Å². The van der Waals surface area contributed by atoms with Crippen LogP contribution in [0.4, 0.5) is 4.39 Å². The summed E-state index contributed by atoms with van der Waals surface area (Å²) in [5, 5.41) is 0. The zero-order chi connectivity index (χ0) is 19.4. The first-order valence-electron chi connectivity index (χ1n) is 9.73. The van der Waals surface area contributed by atoms with Gasteiger partial charge in [-0.1, -0.05) is 42.5 Å². The highest BCUT2D eigenvalue weighted by Gasteiger charge is 2.35. The average Bonchev–Trinajstić information content (AvgIpc) is 3.03. The zero-order valence-corrected chi connectivity index (χ0v) is 16.4. The van der Waals surface area contributed by atoms with Crippen LogP contribution in [0.1, 0.15) is 37.8 Å². The molecular formula is C23H29FN2O. The first kappa shape index (κ1) is 19.6. The number of carbonyl (C=O) groups excluding carboxylic acids is 1. The zero-order valence-electron chi connectivity index (χ0n) is 16.4. The van der Waals surface area contributed by atoms with E-state index in [2.05, 4.69) is 43.0 Å². The number of hydrogen-bond donors (Lipinski definition) is 0. The molecule has 0 N–H and O–H groups in total. The highest BCUT2D eigenvalue weighted by molar-refractivity contribution is 5.73. The Labute approximate surface area is 161 Å². The van der Waals surface area contributed by atoms with E-state index in [9.17, 15) is 9.18 Å². The second kappa shape index (κ2) is 8.66. The number of halogens is 1. The van der Waals surface area contributed by atoms with Gasteiger partial charge < -0.3 is 4.90 Å². The van der Waals surface area contributed by atoms with Gasteiger partial charge in [0.15, 0.2) is 0 Å². The minimum Gasteiger partial charge on any atom is -0.340 e. The predicted octanol–water partition coefficient (Wildman–Crippen LogP) is 4.30. The minimum absolute atomic E-state index is 0.115. The van der Waals surface area contributed by atoms with Crippen molar-refractivity contribution in [2.45, 2.75) is 39.3 Å². The van der Waals surface area contributed by atoms with E-state index in [1.807, 2.05) is 23.1 Å². The molecule has 0 aliphatic carbocycles. The minimum atomic E-state index is -0.206. The maximum atomic E-state index is 13.4. The molecule has 1 saturated heterocycles. The Hall–Kier alpha value is -2.20. The van der Waals surface area contributed by atoms with Gasteiger partial charge >= 0.3 is 0 Å². The van der Waals surface area contributed by atoms with Crippen molar-refractivity contribution in [3.63, 3.8) is 0 Å². The van der Waals surface area contributed by atoms with Crippen LogP contribution in [0.2, 0.25) is 0 Å². The number of nitrogens with zero attached hydrogens (tertiary/aromatic N) is 2. The first-order valence-corrected chi connectivity index (χ1v) is 9.73. The van der Waals surface area contributed by atoms with Crippen LogP contribution >= 0.6 is 0 Å². The summed E-state index contributed by atoms with van der Waals surface area (Å²) in [7, 11) is 0. The van der Waals surface area contributed by atoms with Crippen LogP contribution in [-0.2, 0) is 11.3 Å². The molecule has 0 spiro atoms. The summed E-state index contributed by atoms with van der Waals surface area (Å²) in [6, 6.07) is 17.5. The molecule has 2 unspecified atom stereocenters. The highest BCUT2D eigenvalue weighted by Crippen LogP contribution is 2.34. The topological polar surface area (TPSA) is 23.6 Å². The van der Waals surface area contributed by atoms with Gasteiger partial charge in [0.05, 0.1) is 0 Å². The van der Waals surface area contributed by atoms with E-state index in [0.29, 0.717) is 11.8 Å². The Morgan fingerprint density at radius 3 is 2.37 bits per heavy atom. The lowest BCUT2D eigenvalue weighted by Gasteiger charge is -2.30. The standard InChI is InChI=1S/C23H29FN2O/c1-17(2)26(18(3)27)15-21-14-25(13-19-7-5-4-6-8-19)16-23(21)20-9-11-22(24)12-10-20/h4-12,17,21,23H,13-16H2,1-3H3. The third kappa shape index (κ3) is 4.95. The molecule has 1 fully saturated rings. The summed E-state index contributed by atoms with van der Waals surface area (Å²) >= 11 is 0. The predicted molar refractivity (Wildman–Crippen MR) is 107 cm³/mol. The lowest BCUT2D eigenvalue weighted by Crippen LogP contribution is -2.40. The molecule has 0 saturated carbocycles. The lowest BCUT2D eigenvalue weighted by atomic mass is 9.88. The summed E-state index contributed by atoms with van der Waals surface area (Å²) in [4.78, 5) is 16.5. The Morgan fingerprint density at radius 1 is 1.11 bits per heavy atom. The molecule has 144 valence electrons. The van der Waals surface area contributed by atoms with Gasteiger partial charge in [-0.05, 0) is 43.0 Å². The molecule has 1 aliphatic heterocycles. The van der Waals surface area contributed by atoms with Gasteiger partial charge in [0.25, 0.3) is 0 Å². The molecule has 3 nitrogen and oxygen atoms in total. The molecule has 2 aromatic rings. The second-order valence-electron chi connectivity index (χ2n) is 7.86. The molecule has 27 heavy (non-hydrogen) atoms. The van der Waals surface area contributed by atoms with E-state index < -0.39 is 0 Å². The molecule has 4 heteroatoms. The number of benzene rings is 2. The molecule has 0 radical (unpaired) electrons. The van der Waals surface area contributed by atoms with Crippen molar-refractivity contribution < 1.29 is 9.18 Å². The number of carbonyl (C=O) groups is 1. The van der Waals surface area contributed by atoms with Gasteiger partial charge in [-0.3, -0.25) is 9.69 Å². The number of amides is 1. The number of rotatable bonds is 6. The summed E-state index contributed by atoms with van der Waals surface area (Å²) in [6.45, 7) is 9.26. The fraction of sp³-hybridized carbons (Fsp3) is 0.435. The van der Waals surface area contributed by atoms with Crippen molar-refractivity contribution in [1.29, 1.82) is 0 Å². The largest absolute Gasteiger partial charge is 0.340 e. The van der Waals surface area contributed by atoms with Crippen LogP contribution in [0.15, 0.2) is 54.6 Å². The molecule has 1 heterocycles. The van der Waals surface area contributed by atoms with E-state index in [4.69, 9.17) is 0 Å². The van der Waals surface area contributed by atoms with Crippen molar-refractivity contribution in [3.8, 4) is 0 Å². The third-order valence-electron chi connectivity index (χ3n) is 5.52. The summed E-state index contributed by atoms with van der Waals surface area (Å²) < 4.78 is 13.4. The monoisotopic (exact) mass is 368 g/mol. The molecule has 1 amide bonds. The van der Waals surface area contributed by atoms with Crippen LogP contribution in [0.5, 0.6) is 0 Å². The van der Waals surface area contributed by atoms with Crippen LogP contribution < -0.4 is 0 Å². The van der Waals surface area contributed by atoms with E-state index in [1.54, 1.807) is 6.92 Å². The van der Waals surface area contributed by atoms with E-state index in [0.717, 1.165) is 31.7 Å². The van der Waals surface area contributed by atoms with Gasteiger partial charge in [-0.25, -0.2) is 4.39 Å². The normalized spacial score (nSPS) is 20.2. The highest BCUT2D eigenvalue weighted by atomic mass is 19.1. The SMILES string of the molecule is CC(=O)N(CC1CN(Cc2ccccc2)CC1c1ccc(F)cc1)C(C)C. The molecule has 0 bridgehead atoms. The van der Waals surface area contributed by atoms with E-state index >= 15 is 0 Å². The maximum absolute atomic E-state index is 13.4. The van der Waals surface area contributed by atoms with Gasteiger partial charge in [0.2, 0.25) is 5.91 Å². The second-order valence-corrected chi connectivity index (χ2v) is 7.86. The maximum Gasteiger partial charge on any atom is 0.219 e.